The van der Waals surface area contributed by atoms with E-state index in [1.165, 1.54) is 6.92 Å². The molecular weight excluding hydrogens is 316 g/mol. The Morgan fingerprint density at radius 3 is 2.40 bits per heavy atom. The van der Waals surface area contributed by atoms with Crippen LogP contribution in [0.25, 0.3) is 5.57 Å². The lowest BCUT2D eigenvalue weighted by Crippen LogP contribution is -2.06. The van der Waals surface area contributed by atoms with E-state index in [1.54, 1.807) is 26.0 Å². The predicted molar refractivity (Wildman–Crippen MR) is 101 cm³/mol. The van der Waals surface area contributed by atoms with Gasteiger partial charge in [0.25, 0.3) is 0 Å². The standard InChI is InChI=1S/C21H26O4/c1-6-18-11-19(8-9-20(18)17(5)23)14(2)7-10-21(24)15(3)12-25-13-16(4)22/h7-11,24H,2,6,12-13H2,1,3-5H3/b10-7-,21-15+. The maximum absolute atomic E-state index is 11.6. The van der Waals surface area contributed by atoms with E-state index in [9.17, 15) is 14.7 Å². The fraction of sp³-hybridized carbons (Fsp3) is 0.333. The van der Waals surface area contributed by atoms with E-state index in [0.717, 1.165) is 28.7 Å². The number of hydrogen-bond acceptors (Lipinski definition) is 4. The first-order valence-corrected chi connectivity index (χ1v) is 8.23. The molecule has 134 valence electrons. The third-order valence-electron chi connectivity index (χ3n) is 3.74. The van der Waals surface area contributed by atoms with Crippen LogP contribution in [0.3, 0.4) is 0 Å². The Labute approximate surface area is 149 Å². The Balaban J connectivity index is 2.85. The van der Waals surface area contributed by atoms with Crippen molar-refractivity contribution in [2.45, 2.75) is 34.1 Å². The largest absolute Gasteiger partial charge is 0.508 e. The van der Waals surface area contributed by atoms with Gasteiger partial charge in [-0.05, 0) is 55.5 Å². The molecule has 0 saturated heterocycles. The molecule has 0 aromatic heterocycles. The van der Waals surface area contributed by atoms with Gasteiger partial charge >= 0.3 is 0 Å². The summed E-state index contributed by atoms with van der Waals surface area (Å²) < 4.78 is 5.18. The number of allylic oxidation sites excluding steroid dienone is 3. The van der Waals surface area contributed by atoms with Crippen LogP contribution in [-0.2, 0) is 16.0 Å². The summed E-state index contributed by atoms with van der Waals surface area (Å²) in [6.07, 6.45) is 4.03. The number of carbonyl (C=O) groups is 2. The lowest BCUT2D eigenvalue weighted by molar-refractivity contribution is -0.121. The molecule has 1 N–H and O–H groups in total. The van der Waals surface area contributed by atoms with Crippen molar-refractivity contribution in [2.75, 3.05) is 13.2 Å². The molecule has 0 radical (unpaired) electrons. The van der Waals surface area contributed by atoms with E-state index >= 15 is 0 Å². The molecule has 4 heteroatoms. The number of aliphatic hydroxyl groups excluding tert-OH is 1. The van der Waals surface area contributed by atoms with Crippen molar-refractivity contribution in [3.63, 3.8) is 0 Å². The number of benzene rings is 1. The zero-order valence-electron chi connectivity index (χ0n) is 15.4. The highest BCUT2D eigenvalue weighted by molar-refractivity contribution is 5.96. The monoisotopic (exact) mass is 342 g/mol. The van der Waals surface area contributed by atoms with E-state index in [4.69, 9.17) is 4.74 Å². The van der Waals surface area contributed by atoms with E-state index in [1.807, 2.05) is 25.1 Å². The summed E-state index contributed by atoms with van der Waals surface area (Å²) in [5.41, 5.74) is 3.97. The first-order valence-electron chi connectivity index (χ1n) is 8.23. The van der Waals surface area contributed by atoms with Gasteiger partial charge in [-0.3, -0.25) is 9.59 Å². The lowest BCUT2D eigenvalue weighted by atomic mass is 9.96. The average molecular weight is 342 g/mol. The van der Waals surface area contributed by atoms with Gasteiger partial charge in [-0.1, -0.05) is 37.8 Å². The number of hydrogen-bond donors (Lipinski definition) is 1. The van der Waals surface area contributed by atoms with Gasteiger partial charge in [0.15, 0.2) is 11.6 Å². The molecule has 0 aliphatic heterocycles. The number of ketones is 2. The lowest BCUT2D eigenvalue weighted by Gasteiger charge is -2.08. The van der Waals surface area contributed by atoms with Crippen LogP contribution in [0.15, 0.2) is 48.3 Å². The van der Waals surface area contributed by atoms with Gasteiger partial charge in [-0.2, -0.15) is 0 Å². The predicted octanol–water partition coefficient (Wildman–Crippen LogP) is 4.46. The fourth-order valence-electron chi connectivity index (χ4n) is 2.27. The minimum atomic E-state index is -0.0584. The van der Waals surface area contributed by atoms with Crippen molar-refractivity contribution in [3.05, 3.63) is 65.0 Å². The van der Waals surface area contributed by atoms with E-state index < -0.39 is 0 Å². The molecule has 1 aromatic carbocycles. The van der Waals surface area contributed by atoms with E-state index in [-0.39, 0.29) is 30.5 Å². The number of ether oxygens (including phenoxy) is 1. The second kappa shape index (κ2) is 9.74. The summed E-state index contributed by atoms with van der Waals surface area (Å²) >= 11 is 0. The molecule has 25 heavy (non-hydrogen) atoms. The first kappa shape index (κ1) is 20.6. The molecular formula is C21H26O4. The summed E-state index contributed by atoms with van der Waals surface area (Å²) in [5, 5.41) is 10.0. The Morgan fingerprint density at radius 2 is 1.84 bits per heavy atom. The maximum Gasteiger partial charge on any atom is 0.160 e. The van der Waals surface area contributed by atoms with Gasteiger partial charge in [-0.25, -0.2) is 0 Å². The average Bonchev–Trinajstić information content (AvgIpc) is 2.57. The number of aryl methyl sites for hydroxylation is 1. The molecule has 0 amide bonds. The van der Waals surface area contributed by atoms with Gasteiger partial charge in [0.1, 0.15) is 12.4 Å². The topological polar surface area (TPSA) is 63.6 Å². The maximum atomic E-state index is 11.6. The normalized spacial score (nSPS) is 12.2. The Bertz CT molecular complexity index is 723. The molecule has 4 nitrogen and oxygen atoms in total. The molecule has 0 saturated carbocycles. The molecule has 0 fully saturated rings. The first-order chi connectivity index (χ1) is 11.8. The summed E-state index contributed by atoms with van der Waals surface area (Å²) in [4.78, 5) is 22.5. The SMILES string of the molecule is C=C(/C=C\C(O)=C(\C)COCC(C)=O)c1ccc(C(C)=O)c(CC)c1. The highest BCUT2D eigenvalue weighted by atomic mass is 16.5. The molecule has 0 spiro atoms. The van der Waals surface area contributed by atoms with Crippen LogP contribution in [-0.4, -0.2) is 29.9 Å². The zero-order chi connectivity index (χ0) is 19.0. The quantitative estimate of drug-likeness (QED) is 0.409. The van der Waals surface area contributed by atoms with E-state index in [0.29, 0.717) is 5.57 Å². The molecule has 1 rings (SSSR count). The number of rotatable bonds is 9. The van der Waals surface area contributed by atoms with Crippen molar-refractivity contribution in [1.29, 1.82) is 0 Å². The van der Waals surface area contributed by atoms with Gasteiger partial charge < -0.3 is 9.84 Å². The number of aliphatic hydroxyl groups is 1. The van der Waals surface area contributed by atoms with E-state index in [2.05, 4.69) is 6.58 Å². The van der Waals surface area contributed by atoms with Crippen LogP contribution in [0.2, 0.25) is 0 Å². The Morgan fingerprint density at radius 1 is 1.16 bits per heavy atom. The minimum Gasteiger partial charge on any atom is -0.508 e. The van der Waals surface area contributed by atoms with Crippen molar-refractivity contribution in [1.82, 2.24) is 0 Å². The second-order valence-corrected chi connectivity index (χ2v) is 6.00. The number of carbonyl (C=O) groups excluding carboxylic acids is 2. The van der Waals surface area contributed by atoms with Crippen molar-refractivity contribution in [3.8, 4) is 0 Å². The summed E-state index contributed by atoms with van der Waals surface area (Å²) in [5.74, 6) is 0.0732. The molecule has 0 aliphatic carbocycles. The summed E-state index contributed by atoms with van der Waals surface area (Å²) in [6.45, 7) is 11.0. The Hall–Kier alpha value is -2.46. The van der Waals surface area contributed by atoms with Crippen molar-refractivity contribution in [2.24, 2.45) is 0 Å². The summed E-state index contributed by atoms with van der Waals surface area (Å²) in [7, 11) is 0. The van der Waals surface area contributed by atoms with Crippen LogP contribution >= 0.6 is 0 Å². The number of Topliss-reactive ketones (excluding diaryl/α,β-unsaturated/α-hetero) is 2. The second-order valence-electron chi connectivity index (χ2n) is 6.00. The van der Waals surface area contributed by atoms with Gasteiger partial charge in [-0.15, -0.1) is 0 Å². The molecule has 0 atom stereocenters. The van der Waals surface area contributed by atoms with Crippen LogP contribution in [0.1, 0.15) is 49.2 Å². The van der Waals surface area contributed by atoms with Crippen molar-refractivity contribution >= 4 is 17.1 Å². The highest BCUT2D eigenvalue weighted by Gasteiger charge is 2.07. The van der Waals surface area contributed by atoms with Gasteiger partial charge in [0.05, 0.1) is 6.61 Å². The molecule has 0 aliphatic rings. The van der Waals surface area contributed by atoms with Crippen LogP contribution < -0.4 is 0 Å². The summed E-state index contributed by atoms with van der Waals surface area (Å²) in [6, 6.07) is 5.62. The molecule has 1 aromatic rings. The third-order valence-corrected chi connectivity index (χ3v) is 3.74. The fourth-order valence-corrected chi connectivity index (χ4v) is 2.27. The van der Waals surface area contributed by atoms with Crippen LogP contribution in [0.5, 0.6) is 0 Å². The zero-order valence-corrected chi connectivity index (χ0v) is 15.4. The smallest absolute Gasteiger partial charge is 0.160 e. The third kappa shape index (κ3) is 6.51. The van der Waals surface area contributed by atoms with Crippen LogP contribution in [0, 0.1) is 0 Å². The van der Waals surface area contributed by atoms with Crippen molar-refractivity contribution < 1.29 is 19.4 Å². The van der Waals surface area contributed by atoms with Gasteiger partial charge in [0, 0.05) is 5.56 Å². The molecule has 0 unspecified atom stereocenters. The Kier molecular flexibility index (Phi) is 8.02. The molecule has 0 bridgehead atoms. The van der Waals surface area contributed by atoms with Crippen LogP contribution in [0.4, 0.5) is 0 Å². The van der Waals surface area contributed by atoms with Gasteiger partial charge in [0.2, 0.25) is 0 Å². The molecule has 0 heterocycles. The minimum absolute atomic E-state index is 0.0311. The highest BCUT2D eigenvalue weighted by Crippen LogP contribution is 2.20.